The Labute approximate surface area is 133 Å². The van der Waals surface area contributed by atoms with Gasteiger partial charge in [-0.15, -0.1) is 11.3 Å². The molecule has 1 fully saturated rings. The Morgan fingerprint density at radius 1 is 1.48 bits per heavy atom. The average Bonchev–Trinajstić information content (AvgIpc) is 2.96. The van der Waals surface area contributed by atoms with E-state index < -0.39 is 0 Å². The Bertz CT molecular complexity index is 444. The van der Waals surface area contributed by atoms with Crippen LogP contribution < -0.4 is 5.32 Å². The molecule has 1 saturated heterocycles. The van der Waals surface area contributed by atoms with Gasteiger partial charge >= 0.3 is 0 Å². The highest BCUT2D eigenvalue weighted by Crippen LogP contribution is 2.25. The van der Waals surface area contributed by atoms with Gasteiger partial charge in [0.2, 0.25) is 0 Å². The summed E-state index contributed by atoms with van der Waals surface area (Å²) in [6.07, 6.45) is 1.52. The number of hydrogen-bond donors (Lipinski definition) is 1. The van der Waals surface area contributed by atoms with Gasteiger partial charge < -0.3 is 10.1 Å². The van der Waals surface area contributed by atoms with Crippen LogP contribution in [0.15, 0.2) is 6.07 Å². The molecule has 0 aliphatic carbocycles. The Hall–Kier alpha value is -0.420. The minimum absolute atomic E-state index is 0.362. The summed E-state index contributed by atoms with van der Waals surface area (Å²) in [5, 5.41) is 3.53. The molecular weight excluding hydrogens is 280 g/mol. The molecule has 0 radical (unpaired) electrons. The molecule has 0 amide bonds. The van der Waals surface area contributed by atoms with Crippen molar-refractivity contribution in [2.45, 2.75) is 59.4 Å². The summed E-state index contributed by atoms with van der Waals surface area (Å²) in [6, 6.07) is 2.94. The lowest BCUT2D eigenvalue weighted by Crippen LogP contribution is -2.36. The summed E-state index contributed by atoms with van der Waals surface area (Å²) >= 11 is 1.93. The fourth-order valence-corrected chi connectivity index (χ4v) is 4.02. The average molecular weight is 311 g/mol. The maximum Gasteiger partial charge on any atom is 0.0703 e. The van der Waals surface area contributed by atoms with Crippen molar-refractivity contribution in [3.63, 3.8) is 0 Å². The smallest absolute Gasteiger partial charge is 0.0703 e. The molecule has 120 valence electrons. The Balaban J connectivity index is 1.89. The molecule has 4 heteroatoms. The van der Waals surface area contributed by atoms with Gasteiger partial charge in [0.1, 0.15) is 0 Å². The molecule has 0 saturated carbocycles. The summed E-state index contributed by atoms with van der Waals surface area (Å²) in [6.45, 7) is 13.0. The molecule has 3 nitrogen and oxygen atoms in total. The normalized spacial score (nSPS) is 22.6. The van der Waals surface area contributed by atoms with E-state index in [1.807, 2.05) is 11.3 Å². The Morgan fingerprint density at radius 2 is 2.24 bits per heavy atom. The van der Waals surface area contributed by atoms with Gasteiger partial charge in [-0.05, 0) is 51.4 Å². The van der Waals surface area contributed by atoms with Crippen LogP contribution in [0.5, 0.6) is 0 Å². The molecule has 1 aromatic rings. The first-order valence-electron chi connectivity index (χ1n) is 8.08. The molecule has 2 atom stereocenters. The van der Waals surface area contributed by atoms with E-state index in [1.165, 1.54) is 15.3 Å². The zero-order chi connectivity index (χ0) is 15.4. The van der Waals surface area contributed by atoms with Crippen molar-refractivity contribution in [3.05, 3.63) is 21.4 Å². The van der Waals surface area contributed by atoms with Gasteiger partial charge in [-0.1, -0.05) is 13.8 Å². The molecule has 2 rings (SSSR count). The maximum atomic E-state index is 5.69. The second-order valence-corrected chi connectivity index (χ2v) is 8.01. The van der Waals surface area contributed by atoms with Crippen LogP contribution in [-0.4, -0.2) is 37.2 Å². The number of nitrogens with zero attached hydrogens (tertiary/aromatic N) is 1. The summed E-state index contributed by atoms with van der Waals surface area (Å²) in [4.78, 5) is 5.36. The van der Waals surface area contributed by atoms with Gasteiger partial charge in [0.15, 0.2) is 0 Å². The topological polar surface area (TPSA) is 24.5 Å². The highest BCUT2D eigenvalue weighted by molar-refractivity contribution is 7.12. The molecular formula is C17H30N2OS. The van der Waals surface area contributed by atoms with E-state index >= 15 is 0 Å². The quantitative estimate of drug-likeness (QED) is 0.835. The number of hydrogen-bond acceptors (Lipinski definition) is 4. The number of rotatable bonds is 7. The predicted octanol–water partition coefficient (Wildman–Crippen LogP) is 3.41. The monoisotopic (exact) mass is 310 g/mol. The zero-order valence-electron chi connectivity index (χ0n) is 14.1. The number of likely N-dealkylation sites (N-methyl/N-ethyl adjacent to an activating group) is 1. The van der Waals surface area contributed by atoms with Gasteiger partial charge in [-0.2, -0.15) is 0 Å². The lowest BCUT2D eigenvalue weighted by Gasteiger charge is -2.26. The van der Waals surface area contributed by atoms with Gasteiger partial charge in [0, 0.05) is 35.5 Å². The van der Waals surface area contributed by atoms with E-state index in [0.717, 1.165) is 32.7 Å². The first-order chi connectivity index (χ1) is 9.97. The molecule has 21 heavy (non-hydrogen) atoms. The minimum atomic E-state index is 0.362. The molecule has 0 aromatic carbocycles. The van der Waals surface area contributed by atoms with Crippen LogP contribution in [0.4, 0.5) is 0 Å². The Morgan fingerprint density at radius 3 is 2.86 bits per heavy atom. The van der Waals surface area contributed by atoms with Crippen LogP contribution >= 0.6 is 11.3 Å². The molecule has 2 unspecified atom stereocenters. The predicted molar refractivity (Wildman–Crippen MR) is 90.9 cm³/mol. The van der Waals surface area contributed by atoms with E-state index in [4.69, 9.17) is 4.74 Å². The largest absolute Gasteiger partial charge is 0.377 e. The van der Waals surface area contributed by atoms with Gasteiger partial charge in [-0.25, -0.2) is 0 Å². The third kappa shape index (κ3) is 4.78. The first kappa shape index (κ1) is 16.9. The van der Waals surface area contributed by atoms with Gasteiger partial charge in [0.05, 0.1) is 6.10 Å². The third-order valence-corrected chi connectivity index (χ3v) is 5.34. The van der Waals surface area contributed by atoms with Crippen LogP contribution in [0.25, 0.3) is 0 Å². The molecule has 1 aromatic heterocycles. The van der Waals surface area contributed by atoms with E-state index in [-0.39, 0.29) is 0 Å². The molecule has 0 spiro atoms. The minimum Gasteiger partial charge on any atom is -0.377 e. The zero-order valence-corrected chi connectivity index (χ0v) is 14.9. The van der Waals surface area contributed by atoms with Gasteiger partial charge in [0.25, 0.3) is 0 Å². The van der Waals surface area contributed by atoms with Crippen molar-refractivity contribution in [2.75, 3.05) is 20.2 Å². The SMILES string of the molecule is Cc1sc(CNCC(C)C)cc1CN(C)C1CCOC1C. The van der Waals surface area contributed by atoms with Gasteiger partial charge in [-0.3, -0.25) is 4.90 Å². The molecule has 1 aliphatic rings. The molecule has 1 N–H and O–H groups in total. The number of nitrogens with one attached hydrogen (secondary N) is 1. The van der Waals surface area contributed by atoms with E-state index in [9.17, 15) is 0 Å². The molecule has 1 aliphatic heterocycles. The fraction of sp³-hybridized carbons (Fsp3) is 0.765. The van der Waals surface area contributed by atoms with Crippen LogP contribution in [0, 0.1) is 12.8 Å². The third-order valence-electron chi connectivity index (χ3n) is 4.25. The fourth-order valence-electron chi connectivity index (χ4n) is 3.00. The lowest BCUT2D eigenvalue weighted by atomic mass is 10.1. The summed E-state index contributed by atoms with van der Waals surface area (Å²) < 4.78 is 5.69. The molecule has 2 heterocycles. The van der Waals surface area contributed by atoms with Crippen molar-refractivity contribution in [3.8, 4) is 0 Å². The maximum absolute atomic E-state index is 5.69. The Kier molecular flexibility index (Phi) is 6.23. The summed E-state index contributed by atoms with van der Waals surface area (Å²) in [5.74, 6) is 0.709. The van der Waals surface area contributed by atoms with E-state index in [1.54, 1.807) is 0 Å². The van der Waals surface area contributed by atoms with Crippen molar-refractivity contribution in [1.82, 2.24) is 10.2 Å². The van der Waals surface area contributed by atoms with Crippen molar-refractivity contribution in [2.24, 2.45) is 5.92 Å². The first-order valence-corrected chi connectivity index (χ1v) is 8.89. The highest BCUT2D eigenvalue weighted by Gasteiger charge is 2.28. The van der Waals surface area contributed by atoms with E-state index in [0.29, 0.717) is 18.1 Å². The van der Waals surface area contributed by atoms with Crippen LogP contribution in [0.3, 0.4) is 0 Å². The second-order valence-electron chi connectivity index (χ2n) is 6.67. The highest BCUT2D eigenvalue weighted by atomic mass is 32.1. The van der Waals surface area contributed by atoms with E-state index in [2.05, 4.69) is 51.0 Å². The lowest BCUT2D eigenvalue weighted by molar-refractivity contribution is 0.0814. The standard InChI is InChI=1S/C17H30N2OS/c1-12(2)9-18-10-16-8-15(14(4)21-16)11-19(5)17-6-7-20-13(17)3/h8,12-13,17-18H,6-7,9-11H2,1-5H3. The van der Waals surface area contributed by atoms with Crippen LogP contribution in [-0.2, 0) is 17.8 Å². The van der Waals surface area contributed by atoms with Crippen molar-refractivity contribution >= 4 is 11.3 Å². The number of ether oxygens (including phenoxy) is 1. The van der Waals surface area contributed by atoms with Crippen LogP contribution in [0.1, 0.15) is 42.5 Å². The number of thiophene rings is 1. The van der Waals surface area contributed by atoms with Crippen molar-refractivity contribution < 1.29 is 4.74 Å². The van der Waals surface area contributed by atoms with Crippen LogP contribution in [0.2, 0.25) is 0 Å². The molecule has 0 bridgehead atoms. The number of aryl methyl sites for hydroxylation is 1. The summed E-state index contributed by atoms with van der Waals surface area (Å²) in [7, 11) is 2.23. The van der Waals surface area contributed by atoms with Crippen molar-refractivity contribution in [1.29, 1.82) is 0 Å². The summed E-state index contributed by atoms with van der Waals surface area (Å²) in [5.41, 5.74) is 1.47. The second kappa shape index (κ2) is 7.73.